The van der Waals surface area contributed by atoms with Gasteiger partial charge < -0.3 is 19.9 Å². The van der Waals surface area contributed by atoms with E-state index in [1.165, 1.54) is 31.2 Å². The molecule has 0 aromatic heterocycles. The van der Waals surface area contributed by atoms with Crippen molar-refractivity contribution in [2.75, 3.05) is 5.33 Å². The minimum absolute atomic E-state index is 0.0369. The maximum Gasteiger partial charge on any atom is 0.369 e. The summed E-state index contributed by atoms with van der Waals surface area (Å²) in [4.78, 5) is 61.2. The van der Waals surface area contributed by atoms with Crippen LogP contribution < -0.4 is 5.32 Å². The van der Waals surface area contributed by atoms with Crippen molar-refractivity contribution in [1.29, 1.82) is 0 Å². The summed E-state index contributed by atoms with van der Waals surface area (Å²) in [6.07, 6.45) is 0. The van der Waals surface area contributed by atoms with Crippen LogP contribution in [0, 0.1) is 10.1 Å². The molecule has 12 nitrogen and oxygen atoms in total. The van der Waals surface area contributed by atoms with Crippen LogP contribution >= 0.6 is 27.7 Å². The molecular weight excluding hydrogens is 586 g/mol. The van der Waals surface area contributed by atoms with Crippen molar-refractivity contribution in [1.82, 2.24) is 10.2 Å². The maximum atomic E-state index is 13.0. The number of aliphatic hydroxyl groups is 1. The molecule has 0 radical (unpaired) electrons. The third-order valence-electron chi connectivity index (χ3n) is 5.17. The molecule has 0 saturated carbocycles. The lowest BCUT2D eigenvalue weighted by molar-refractivity contribution is -0.384. The van der Waals surface area contributed by atoms with Crippen LogP contribution in [0.2, 0.25) is 0 Å². The Morgan fingerprint density at radius 1 is 1.08 bits per heavy atom. The molecule has 1 aliphatic rings. The van der Waals surface area contributed by atoms with Crippen molar-refractivity contribution in [2.45, 2.75) is 31.6 Å². The summed E-state index contributed by atoms with van der Waals surface area (Å²) in [7, 11) is 0. The average molecular weight is 608 g/mol. The van der Waals surface area contributed by atoms with Crippen molar-refractivity contribution in [3.63, 3.8) is 0 Å². The fourth-order valence-electron chi connectivity index (χ4n) is 3.37. The third-order valence-corrected chi connectivity index (χ3v) is 6.74. The summed E-state index contributed by atoms with van der Waals surface area (Å²) >= 11 is 3.59. The van der Waals surface area contributed by atoms with E-state index in [0.29, 0.717) is 17.3 Å². The number of β-lactam (4-membered cyclic amide) rings is 1. The highest BCUT2D eigenvalue weighted by atomic mass is 79.9. The second-order valence-electron chi connectivity index (χ2n) is 7.85. The predicted molar refractivity (Wildman–Crippen MR) is 139 cm³/mol. The molecule has 1 aliphatic heterocycles. The Morgan fingerprint density at radius 2 is 1.68 bits per heavy atom. The number of carbonyl (C=O) groups is 4. The van der Waals surface area contributed by atoms with Crippen LogP contribution in [0.4, 0.5) is 10.5 Å². The van der Waals surface area contributed by atoms with E-state index in [1.54, 1.807) is 30.3 Å². The van der Waals surface area contributed by atoms with Gasteiger partial charge in [0.05, 0.1) is 10.3 Å². The summed E-state index contributed by atoms with van der Waals surface area (Å²) in [5, 5.41) is 21.6. The number of ether oxygens (including phenoxy) is 2. The molecule has 3 rings (SSSR count). The number of hydrogen-bond donors (Lipinski definition) is 2. The molecule has 38 heavy (non-hydrogen) atoms. The van der Waals surface area contributed by atoms with Gasteiger partial charge in [-0.1, -0.05) is 46.3 Å². The van der Waals surface area contributed by atoms with Gasteiger partial charge in [0.1, 0.15) is 30.4 Å². The van der Waals surface area contributed by atoms with Crippen LogP contribution in [-0.2, 0) is 37.1 Å². The standard InChI is InChI=1S/C24H22BrN3O9S/c1-14(29)26-19-21(31)27(22(19)38-24(33)37-13-15-5-3-2-4-6-15)20(18(30)11-25)23(32)36-12-16-7-9-17(10-8-16)28(34)35/h2-10,19,22,30H,11-13H2,1H3,(H,26,29). The third kappa shape index (κ3) is 7.10. The van der Waals surface area contributed by atoms with E-state index in [2.05, 4.69) is 21.2 Å². The molecule has 2 atom stereocenters. The first kappa shape index (κ1) is 28.7. The number of nitro benzene ring substituents is 1. The smallest absolute Gasteiger partial charge is 0.369 e. The van der Waals surface area contributed by atoms with Crippen molar-refractivity contribution in [3.05, 3.63) is 87.3 Å². The number of non-ortho nitro benzene ring substituents is 1. The van der Waals surface area contributed by atoms with E-state index in [4.69, 9.17) is 9.47 Å². The Balaban J connectivity index is 1.76. The van der Waals surface area contributed by atoms with Crippen LogP contribution in [0.5, 0.6) is 0 Å². The van der Waals surface area contributed by atoms with Crippen molar-refractivity contribution < 1.29 is 38.7 Å². The molecule has 1 fully saturated rings. The number of halogens is 1. The van der Waals surface area contributed by atoms with Gasteiger partial charge in [-0.3, -0.25) is 24.6 Å². The number of esters is 1. The summed E-state index contributed by atoms with van der Waals surface area (Å²) in [5.74, 6) is -2.92. The molecule has 0 bridgehead atoms. The molecule has 2 aromatic carbocycles. The molecule has 0 spiro atoms. The van der Waals surface area contributed by atoms with E-state index in [0.717, 1.165) is 10.5 Å². The second kappa shape index (κ2) is 13.1. The minimum atomic E-state index is -1.16. The number of likely N-dealkylation sites (tertiary alicyclic amines) is 1. The van der Waals surface area contributed by atoms with E-state index in [1.807, 2.05) is 0 Å². The number of benzene rings is 2. The molecule has 2 N–H and O–H groups in total. The van der Waals surface area contributed by atoms with E-state index in [9.17, 15) is 34.4 Å². The molecule has 0 aliphatic carbocycles. The van der Waals surface area contributed by atoms with Crippen molar-refractivity contribution >= 4 is 56.5 Å². The quantitative estimate of drug-likeness (QED) is 0.0775. The first-order chi connectivity index (χ1) is 18.1. The number of alkyl halides is 1. The highest BCUT2D eigenvalue weighted by molar-refractivity contribution is 9.09. The summed E-state index contributed by atoms with van der Waals surface area (Å²) in [6, 6.07) is 13.0. The van der Waals surface area contributed by atoms with E-state index >= 15 is 0 Å². The minimum Gasteiger partial charge on any atom is -0.509 e. The lowest BCUT2D eigenvalue weighted by Crippen LogP contribution is -2.69. The zero-order valence-electron chi connectivity index (χ0n) is 19.9. The van der Waals surface area contributed by atoms with Gasteiger partial charge in [0, 0.05) is 19.1 Å². The fraction of sp³-hybridized carbons (Fsp3) is 0.250. The van der Waals surface area contributed by atoms with Crippen LogP contribution in [0.25, 0.3) is 0 Å². The number of allylic oxidation sites excluding steroid dienone is 1. The van der Waals surface area contributed by atoms with Gasteiger partial charge in [0.25, 0.3) is 11.6 Å². The number of nitrogens with one attached hydrogen (secondary N) is 1. The molecular formula is C24H22BrN3O9S. The van der Waals surface area contributed by atoms with Gasteiger partial charge in [-0.25, -0.2) is 9.59 Å². The zero-order valence-corrected chi connectivity index (χ0v) is 22.3. The molecule has 2 amide bonds. The van der Waals surface area contributed by atoms with Crippen molar-refractivity contribution in [2.24, 2.45) is 0 Å². The normalized spacial score (nSPS) is 17.1. The number of aliphatic hydroxyl groups excluding tert-OH is 1. The SMILES string of the molecule is CC(=O)NC1C(=O)N(C(C(=O)OCc2ccc([N+](=O)[O-])cc2)=C(O)CBr)C1SC(=O)OCc1ccccc1. The van der Waals surface area contributed by atoms with E-state index in [-0.39, 0.29) is 24.2 Å². The van der Waals surface area contributed by atoms with Crippen molar-refractivity contribution in [3.8, 4) is 0 Å². The molecule has 1 saturated heterocycles. The predicted octanol–water partition coefficient (Wildman–Crippen LogP) is 3.55. The molecule has 200 valence electrons. The van der Waals surface area contributed by atoms with Crippen LogP contribution in [0.3, 0.4) is 0 Å². The van der Waals surface area contributed by atoms with Gasteiger partial charge in [0.2, 0.25) is 5.91 Å². The van der Waals surface area contributed by atoms with Crippen LogP contribution in [-0.4, -0.2) is 54.8 Å². The van der Waals surface area contributed by atoms with Crippen LogP contribution in [0.15, 0.2) is 66.1 Å². The first-order valence-electron chi connectivity index (χ1n) is 11.0. The van der Waals surface area contributed by atoms with Gasteiger partial charge in [-0.2, -0.15) is 0 Å². The maximum absolute atomic E-state index is 13.0. The summed E-state index contributed by atoms with van der Waals surface area (Å²) in [5.41, 5.74) is 0.479. The first-order valence-corrected chi connectivity index (χ1v) is 13.0. The number of amides is 2. The van der Waals surface area contributed by atoms with Gasteiger partial charge in [-0.15, -0.1) is 0 Å². The van der Waals surface area contributed by atoms with Gasteiger partial charge >= 0.3 is 11.3 Å². The number of rotatable bonds is 10. The second-order valence-corrected chi connectivity index (χ2v) is 9.46. The zero-order chi connectivity index (χ0) is 27.8. The summed E-state index contributed by atoms with van der Waals surface area (Å²) in [6.45, 7) is 0.839. The topological polar surface area (TPSA) is 165 Å². The lowest BCUT2D eigenvalue weighted by Gasteiger charge is -2.45. The van der Waals surface area contributed by atoms with Gasteiger partial charge in [-0.05, 0) is 35.0 Å². The number of nitrogens with zero attached hydrogens (tertiary/aromatic N) is 2. The average Bonchev–Trinajstić information content (AvgIpc) is 2.91. The fourth-order valence-corrected chi connectivity index (χ4v) is 4.60. The Labute approximate surface area is 229 Å². The molecule has 2 unspecified atom stereocenters. The molecule has 2 aromatic rings. The van der Waals surface area contributed by atoms with E-state index < -0.39 is 50.9 Å². The van der Waals surface area contributed by atoms with Gasteiger partial charge in [0.15, 0.2) is 5.70 Å². The Kier molecular flexibility index (Phi) is 9.85. The number of thioether (sulfide) groups is 1. The largest absolute Gasteiger partial charge is 0.509 e. The Bertz CT molecular complexity index is 1250. The molecule has 1 heterocycles. The highest BCUT2D eigenvalue weighted by Gasteiger charge is 2.54. The molecule has 14 heteroatoms. The number of carbonyl (C=O) groups excluding carboxylic acids is 4. The number of hydrogen-bond acceptors (Lipinski definition) is 10. The Morgan fingerprint density at radius 3 is 2.26 bits per heavy atom. The monoisotopic (exact) mass is 607 g/mol. The summed E-state index contributed by atoms with van der Waals surface area (Å²) < 4.78 is 10.5. The lowest BCUT2D eigenvalue weighted by atomic mass is 10.1. The number of nitro groups is 1. The highest BCUT2D eigenvalue weighted by Crippen LogP contribution is 2.36. The van der Waals surface area contributed by atoms with Crippen LogP contribution in [0.1, 0.15) is 18.1 Å². The Hall–Kier alpha value is -3.91.